The van der Waals surface area contributed by atoms with E-state index in [1.54, 1.807) is 18.5 Å². The molecule has 0 radical (unpaired) electrons. The minimum absolute atomic E-state index is 0. The Balaban J connectivity index is -0.0000000796. The molecule has 0 aliphatic carbocycles. The van der Waals surface area contributed by atoms with Crippen LogP contribution in [0.3, 0.4) is 0 Å². The van der Waals surface area contributed by atoms with E-state index in [0.29, 0.717) is 0 Å². The molecule has 1 aromatic heterocycles. The fraction of sp³-hybridized carbons (Fsp3) is 0.400. The largest absolute Gasteiger partial charge is 0.503 e. The molecule has 0 aliphatic heterocycles. The fourth-order valence-electron chi connectivity index (χ4n) is 0.253. The second kappa shape index (κ2) is 20.9. The normalized spacial score (nSPS) is 6.95. The Kier molecular flexibility index (Phi) is 28.0. The van der Waals surface area contributed by atoms with Crippen LogP contribution in [0.1, 0.15) is 20.8 Å². The molecule has 7 N–H and O–H groups in total. The predicted molar refractivity (Wildman–Crippen MR) is 68.9 cm³/mol. The average molecular weight is 279 g/mol. The topological polar surface area (TPSA) is 176 Å². The number of aromatic nitrogens is 2. The van der Waals surface area contributed by atoms with Gasteiger partial charge < -0.3 is 26.6 Å². The lowest BCUT2D eigenvalue weighted by atomic mass is 10.3. The smallest absolute Gasteiger partial charge is 0.450 e. The van der Waals surface area contributed by atoms with Crippen molar-refractivity contribution in [2.75, 3.05) is 0 Å². The second-order valence-electron chi connectivity index (χ2n) is 3.20. The molecule has 1 rings (SSSR count). The van der Waals surface area contributed by atoms with Crippen molar-refractivity contribution in [2.24, 2.45) is 5.92 Å². The van der Waals surface area contributed by atoms with Crippen LogP contribution in [0.5, 0.6) is 0 Å². The van der Waals surface area contributed by atoms with E-state index in [9.17, 15) is 0 Å². The van der Waals surface area contributed by atoms with Gasteiger partial charge in [0.15, 0.2) is 0 Å². The maximum absolute atomic E-state index is 8.56. The number of nitrogens with zero attached hydrogens (tertiary/aromatic N) is 2. The van der Waals surface area contributed by atoms with Crippen molar-refractivity contribution in [2.45, 2.75) is 20.8 Å². The summed E-state index contributed by atoms with van der Waals surface area (Å²) in [6, 6.07) is 1.78. The maximum Gasteiger partial charge on any atom is 0.503 e. The minimum Gasteiger partial charge on any atom is -0.450 e. The van der Waals surface area contributed by atoms with E-state index in [4.69, 9.17) is 30.0 Å². The standard InChI is InChI=1S/C4H4N2.C4H10.2CH2O3.H3N/c1-2-5-4-6-3-1;1-4(2)3;2*2-1(3)4;/h1-4H;4H,1-3H3;2*(H2,2,3,4);1H3. The van der Waals surface area contributed by atoms with Crippen LogP contribution in [-0.4, -0.2) is 42.7 Å². The summed E-state index contributed by atoms with van der Waals surface area (Å²) < 4.78 is 0. The van der Waals surface area contributed by atoms with Crippen molar-refractivity contribution in [3.63, 3.8) is 0 Å². The summed E-state index contributed by atoms with van der Waals surface area (Å²) in [5.74, 6) is 0.833. The molecule has 0 spiro atoms. The molecule has 0 bridgehead atoms. The fourth-order valence-corrected chi connectivity index (χ4v) is 0.253. The van der Waals surface area contributed by atoms with Crippen molar-refractivity contribution >= 4 is 12.3 Å². The van der Waals surface area contributed by atoms with Gasteiger partial charge in [-0.05, 0) is 12.0 Å². The molecule has 0 atom stereocenters. The van der Waals surface area contributed by atoms with Gasteiger partial charge in [-0.15, -0.1) is 0 Å². The van der Waals surface area contributed by atoms with E-state index in [1.807, 2.05) is 0 Å². The highest BCUT2D eigenvalue weighted by Gasteiger charge is 1.70. The number of rotatable bonds is 0. The van der Waals surface area contributed by atoms with Gasteiger partial charge in [-0.25, -0.2) is 19.6 Å². The molecule has 9 heteroatoms. The first kappa shape index (κ1) is 25.4. The molecule has 0 unspecified atom stereocenters. The third kappa shape index (κ3) is 224. The third-order valence-corrected chi connectivity index (χ3v) is 0.478. The lowest BCUT2D eigenvalue weighted by Gasteiger charge is -1.79. The highest BCUT2D eigenvalue weighted by Crippen LogP contribution is 1.81. The van der Waals surface area contributed by atoms with Crippen LogP contribution in [0.4, 0.5) is 9.59 Å². The van der Waals surface area contributed by atoms with Crippen LogP contribution in [0.2, 0.25) is 0 Å². The zero-order chi connectivity index (χ0) is 15.0. The van der Waals surface area contributed by atoms with Gasteiger partial charge in [-0.2, -0.15) is 0 Å². The van der Waals surface area contributed by atoms with Gasteiger partial charge in [0.2, 0.25) is 0 Å². The van der Waals surface area contributed by atoms with Crippen LogP contribution in [0.25, 0.3) is 0 Å². The number of hydrogen-bond acceptors (Lipinski definition) is 5. The molecule has 0 aromatic carbocycles. The quantitative estimate of drug-likeness (QED) is 0.477. The summed E-state index contributed by atoms with van der Waals surface area (Å²) in [5.41, 5.74) is 0. The Morgan fingerprint density at radius 1 is 0.895 bits per heavy atom. The molecule has 0 saturated heterocycles. The van der Waals surface area contributed by atoms with Gasteiger partial charge in [-0.3, -0.25) is 0 Å². The van der Waals surface area contributed by atoms with E-state index in [0.717, 1.165) is 5.92 Å². The summed E-state index contributed by atoms with van der Waals surface area (Å²) in [6.07, 6.45) is 1.21. The van der Waals surface area contributed by atoms with Crippen LogP contribution in [0.15, 0.2) is 24.8 Å². The number of hydrogen-bond donors (Lipinski definition) is 5. The first-order chi connectivity index (χ1) is 8.20. The molecule has 19 heavy (non-hydrogen) atoms. The minimum atomic E-state index is -1.83. The van der Waals surface area contributed by atoms with Crippen molar-refractivity contribution in [1.29, 1.82) is 0 Å². The SMILES string of the molecule is CC(C)C.N.O=C(O)O.O=C(O)O.c1cncnc1. The summed E-state index contributed by atoms with van der Waals surface area (Å²) in [4.78, 5) is 24.5. The van der Waals surface area contributed by atoms with Crippen LogP contribution >= 0.6 is 0 Å². The molecule has 112 valence electrons. The van der Waals surface area contributed by atoms with Gasteiger partial charge in [0.05, 0.1) is 0 Å². The first-order valence-electron chi connectivity index (χ1n) is 4.73. The molecular weight excluding hydrogens is 258 g/mol. The van der Waals surface area contributed by atoms with Crippen molar-refractivity contribution in [3.05, 3.63) is 24.8 Å². The van der Waals surface area contributed by atoms with Crippen LogP contribution in [0, 0.1) is 5.92 Å². The maximum atomic E-state index is 8.56. The van der Waals surface area contributed by atoms with Gasteiger partial charge in [0, 0.05) is 12.4 Å². The summed E-state index contributed by atoms with van der Waals surface area (Å²) in [6.45, 7) is 6.50. The van der Waals surface area contributed by atoms with Gasteiger partial charge in [0.25, 0.3) is 0 Å². The van der Waals surface area contributed by atoms with Crippen molar-refractivity contribution in [1.82, 2.24) is 16.1 Å². The van der Waals surface area contributed by atoms with Crippen molar-refractivity contribution in [3.8, 4) is 0 Å². The summed E-state index contributed by atoms with van der Waals surface area (Å²) >= 11 is 0. The molecule has 9 nitrogen and oxygen atoms in total. The lowest BCUT2D eigenvalue weighted by molar-refractivity contribution is 0.135. The number of carbonyl (C=O) groups is 2. The van der Waals surface area contributed by atoms with Gasteiger partial charge in [-0.1, -0.05) is 20.8 Å². The monoisotopic (exact) mass is 279 g/mol. The Morgan fingerprint density at radius 3 is 1.16 bits per heavy atom. The first-order valence-corrected chi connectivity index (χ1v) is 4.73. The number of carboxylic acid groups (broad SMARTS) is 4. The third-order valence-electron chi connectivity index (χ3n) is 0.478. The Labute approximate surface area is 111 Å². The lowest BCUT2D eigenvalue weighted by Crippen LogP contribution is -1.81. The zero-order valence-electron chi connectivity index (χ0n) is 11.1. The summed E-state index contributed by atoms with van der Waals surface area (Å²) in [7, 11) is 0. The Hall–Kier alpha value is -2.42. The predicted octanol–water partition coefficient (Wildman–Crippen LogP) is 2.75. The molecular formula is C10H21N3O6. The Morgan fingerprint density at radius 2 is 1.11 bits per heavy atom. The molecule has 1 heterocycles. The van der Waals surface area contributed by atoms with Crippen LogP contribution in [-0.2, 0) is 0 Å². The van der Waals surface area contributed by atoms with E-state index in [2.05, 4.69) is 30.7 Å². The van der Waals surface area contributed by atoms with E-state index >= 15 is 0 Å². The molecule has 0 fully saturated rings. The molecule has 0 amide bonds. The van der Waals surface area contributed by atoms with E-state index in [1.165, 1.54) is 6.33 Å². The second-order valence-corrected chi connectivity index (χ2v) is 3.20. The molecule has 0 saturated carbocycles. The Bertz CT molecular complexity index is 245. The van der Waals surface area contributed by atoms with Crippen molar-refractivity contribution < 1.29 is 30.0 Å². The van der Waals surface area contributed by atoms with E-state index in [-0.39, 0.29) is 6.15 Å². The van der Waals surface area contributed by atoms with Gasteiger partial charge in [0.1, 0.15) is 6.33 Å². The van der Waals surface area contributed by atoms with E-state index < -0.39 is 12.3 Å². The average Bonchev–Trinajstić information content (AvgIpc) is 2.17. The summed E-state index contributed by atoms with van der Waals surface area (Å²) in [5, 5.41) is 27.9. The van der Waals surface area contributed by atoms with Crippen LogP contribution < -0.4 is 6.15 Å². The molecule has 0 aliphatic rings. The highest BCUT2D eigenvalue weighted by atomic mass is 16.6. The zero-order valence-corrected chi connectivity index (χ0v) is 11.1. The van der Waals surface area contributed by atoms with Gasteiger partial charge >= 0.3 is 12.3 Å². The molecule has 1 aromatic rings. The highest BCUT2D eigenvalue weighted by molar-refractivity contribution is 5.53.